The molecule has 4 heteroatoms. The van der Waals surface area contributed by atoms with Gasteiger partial charge in [0.2, 0.25) is 0 Å². The summed E-state index contributed by atoms with van der Waals surface area (Å²) < 4.78 is 5.72. The van der Waals surface area contributed by atoms with Crippen LogP contribution in [-0.2, 0) is 4.79 Å². The van der Waals surface area contributed by atoms with Crippen molar-refractivity contribution < 1.29 is 9.53 Å². The molecule has 0 saturated carbocycles. The normalized spacial score (nSPS) is 11.7. The molecule has 112 valence electrons. The lowest BCUT2D eigenvalue weighted by atomic mass is 10.1. The third-order valence-electron chi connectivity index (χ3n) is 2.93. The Morgan fingerprint density at radius 2 is 1.91 bits per heavy atom. The molecule has 2 aromatic rings. The smallest absolute Gasteiger partial charge is 0.179 e. The highest BCUT2D eigenvalue weighted by molar-refractivity contribution is 7.99. The third-order valence-corrected chi connectivity index (χ3v) is 3.93. The summed E-state index contributed by atoms with van der Waals surface area (Å²) in [5, 5.41) is 9.26. The van der Waals surface area contributed by atoms with Gasteiger partial charge in [-0.1, -0.05) is 26.0 Å². The first-order valence-corrected chi connectivity index (χ1v) is 7.89. The summed E-state index contributed by atoms with van der Waals surface area (Å²) in [7, 11) is 0. The van der Waals surface area contributed by atoms with Crippen molar-refractivity contribution in [1.82, 2.24) is 0 Å². The third kappa shape index (κ3) is 4.37. The first-order valence-electron chi connectivity index (χ1n) is 7.01. The Morgan fingerprint density at radius 3 is 2.50 bits per heavy atom. The van der Waals surface area contributed by atoms with Gasteiger partial charge in [-0.2, -0.15) is 5.26 Å². The quantitative estimate of drug-likeness (QED) is 0.587. The molecule has 3 nitrogen and oxygen atoms in total. The maximum absolute atomic E-state index is 11.4. The molecule has 0 aliphatic carbocycles. The minimum atomic E-state index is -0.652. The zero-order valence-corrected chi connectivity index (χ0v) is 13.3. The average Bonchev–Trinajstić information content (AvgIpc) is 2.53. The zero-order valence-electron chi connectivity index (χ0n) is 12.5. The van der Waals surface area contributed by atoms with Gasteiger partial charge in [0.25, 0.3) is 0 Å². The van der Waals surface area contributed by atoms with Gasteiger partial charge in [-0.15, -0.1) is 11.8 Å². The molecule has 0 fully saturated rings. The molecule has 2 rings (SSSR count). The van der Waals surface area contributed by atoms with E-state index in [1.54, 1.807) is 36.0 Å². The molecule has 0 heterocycles. The first-order chi connectivity index (χ1) is 10.6. The Hall–Kier alpha value is -2.25. The summed E-state index contributed by atoms with van der Waals surface area (Å²) in [6, 6.07) is 16.6. The van der Waals surface area contributed by atoms with E-state index in [9.17, 15) is 4.79 Å². The number of thioether (sulfide) groups is 1. The van der Waals surface area contributed by atoms with E-state index < -0.39 is 6.10 Å². The van der Waals surface area contributed by atoms with E-state index >= 15 is 0 Å². The lowest BCUT2D eigenvalue weighted by molar-refractivity contribution is -0.113. The van der Waals surface area contributed by atoms with E-state index in [1.165, 1.54) is 0 Å². The fourth-order valence-electron chi connectivity index (χ4n) is 1.97. The van der Waals surface area contributed by atoms with Gasteiger partial charge in [-0.25, -0.2) is 0 Å². The van der Waals surface area contributed by atoms with Crippen LogP contribution in [0, 0.1) is 11.3 Å². The number of carbonyl (C=O) groups is 1. The van der Waals surface area contributed by atoms with Crippen LogP contribution in [0.2, 0.25) is 0 Å². The molecule has 0 aromatic heterocycles. The Labute approximate surface area is 134 Å². The number of rotatable bonds is 6. The van der Waals surface area contributed by atoms with Crippen molar-refractivity contribution in [2.45, 2.75) is 30.1 Å². The van der Waals surface area contributed by atoms with Gasteiger partial charge in [-0.3, -0.25) is 4.79 Å². The van der Waals surface area contributed by atoms with Crippen molar-refractivity contribution in [3.8, 4) is 11.8 Å². The summed E-state index contributed by atoms with van der Waals surface area (Å²) in [6.45, 7) is 4.25. The number of nitriles is 1. The monoisotopic (exact) mass is 311 g/mol. The van der Waals surface area contributed by atoms with Crippen LogP contribution >= 0.6 is 11.8 Å². The van der Waals surface area contributed by atoms with Crippen LogP contribution in [0.4, 0.5) is 0 Å². The standard InChI is InChI=1S/C18H17NO2S/c1-13(2)22-17-5-3-4-15(10-17)18(12-20)21-16-8-6-14(11-19)7-9-16/h3-10,12-13,18H,1-2H3. The molecule has 0 N–H and O–H groups in total. The second-order valence-electron chi connectivity index (χ2n) is 5.05. The molecule has 0 aliphatic rings. The van der Waals surface area contributed by atoms with E-state index in [4.69, 9.17) is 10.00 Å². The van der Waals surface area contributed by atoms with E-state index in [0.29, 0.717) is 16.6 Å². The zero-order chi connectivity index (χ0) is 15.9. The van der Waals surface area contributed by atoms with Crippen LogP contribution in [0.3, 0.4) is 0 Å². The van der Waals surface area contributed by atoms with Crippen molar-refractivity contribution in [3.63, 3.8) is 0 Å². The van der Waals surface area contributed by atoms with Gasteiger partial charge in [0.05, 0.1) is 11.6 Å². The first kappa shape index (κ1) is 16.1. The molecule has 1 atom stereocenters. The van der Waals surface area contributed by atoms with Crippen LogP contribution in [0.1, 0.15) is 31.1 Å². The second-order valence-corrected chi connectivity index (χ2v) is 6.70. The SMILES string of the molecule is CC(C)Sc1cccc(C(C=O)Oc2ccc(C#N)cc2)c1. The fourth-order valence-corrected chi connectivity index (χ4v) is 2.87. The maximum atomic E-state index is 11.4. The average molecular weight is 311 g/mol. The number of hydrogen-bond donors (Lipinski definition) is 0. The molecule has 0 amide bonds. The summed E-state index contributed by atoms with van der Waals surface area (Å²) in [4.78, 5) is 12.5. The summed E-state index contributed by atoms with van der Waals surface area (Å²) in [6.07, 6.45) is 0.137. The van der Waals surface area contributed by atoms with E-state index in [-0.39, 0.29) is 0 Å². The highest BCUT2D eigenvalue weighted by Crippen LogP contribution is 2.27. The topological polar surface area (TPSA) is 50.1 Å². The van der Waals surface area contributed by atoms with Crippen LogP contribution in [0.15, 0.2) is 53.4 Å². The maximum Gasteiger partial charge on any atom is 0.179 e. The number of benzene rings is 2. The molecular formula is C18H17NO2S. The molecule has 1 unspecified atom stereocenters. The van der Waals surface area contributed by atoms with E-state index in [0.717, 1.165) is 16.7 Å². The largest absolute Gasteiger partial charge is 0.478 e. The second kappa shape index (κ2) is 7.67. The fraction of sp³-hybridized carbons (Fsp3) is 0.222. The number of aldehydes is 1. The molecule has 0 aliphatic heterocycles. The lowest BCUT2D eigenvalue weighted by Gasteiger charge is -2.15. The minimum absolute atomic E-state index is 0.476. The van der Waals surface area contributed by atoms with Crippen molar-refractivity contribution in [2.24, 2.45) is 0 Å². The molecule has 2 aromatic carbocycles. The van der Waals surface area contributed by atoms with Gasteiger partial charge in [0.15, 0.2) is 12.4 Å². The van der Waals surface area contributed by atoms with Gasteiger partial charge < -0.3 is 4.74 Å². The molecule has 0 radical (unpaired) electrons. The van der Waals surface area contributed by atoms with Gasteiger partial charge in [0, 0.05) is 15.7 Å². The Morgan fingerprint density at radius 1 is 1.18 bits per heavy atom. The highest BCUT2D eigenvalue weighted by Gasteiger charge is 2.13. The molecule has 0 bridgehead atoms. The predicted molar refractivity (Wildman–Crippen MR) is 88.0 cm³/mol. The van der Waals surface area contributed by atoms with Crippen LogP contribution < -0.4 is 4.74 Å². The van der Waals surface area contributed by atoms with Gasteiger partial charge in [0.1, 0.15) is 5.75 Å². The Balaban J connectivity index is 2.17. The van der Waals surface area contributed by atoms with Crippen molar-refractivity contribution in [1.29, 1.82) is 5.26 Å². The molecule has 22 heavy (non-hydrogen) atoms. The van der Waals surface area contributed by atoms with E-state index in [1.807, 2.05) is 24.3 Å². The van der Waals surface area contributed by atoms with Crippen LogP contribution in [0.5, 0.6) is 5.75 Å². The number of ether oxygens (including phenoxy) is 1. The predicted octanol–water partition coefficient (Wildman–Crippen LogP) is 4.38. The van der Waals surface area contributed by atoms with Crippen molar-refractivity contribution in [2.75, 3.05) is 0 Å². The van der Waals surface area contributed by atoms with Gasteiger partial charge in [-0.05, 0) is 36.4 Å². The number of nitrogens with zero attached hydrogens (tertiary/aromatic N) is 1. The van der Waals surface area contributed by atoms with Crippen molar-refractivity contribution >= 4 is 18.0 Å². The van der Waals surface area contributed by atoms with E-state index in [2.05, 4.69) is 19.9 Å². The molecule has 0 saturated heterocycles. The molecule has 0 spiro atoms. The Kier molecular flexibility index (Phi) is 5.62. The summed E-state index contributed by atoms with van der Waals surface area (Å²) >= 11 is 1.74. The highest BCUT2D eigenvalue weighted by atomic mass is 32.2. The lowest BCUT2D eigenvalue weighted by Crippen LogP contribution is -2.09. The van der Waals surface area contributed by atoms with Crippen molar-refractivity contribution in [3.05, 3.63) is 59.7 Å². The summed E-state index contributed by atoms with van der Waals surface area (Å²) in [5.74, 6) is 0.568. The van der Waals surface area contributed by atoms with Gasteiger partial charge >= 0.3 is 0 Å². The number of carbonyl (C=O) groups excluding carboxylic acids is 1. The number of hydrogen-bond acceptors (Lipinski definition) is 4. The molecular weight excluding hydrogens is 294 g/mol. The van der Waals surface area contributed by atoms with Crippen LogP contribution in [-0.4, -0.2) is 11.5 Å². The minimum Gasteiger partial charge on any atom is -0.478 e. The van der Waals surface area contributed by atoms with Crippen LogP contribution in [0.25, 0.3) is 0 Å². The summed E-state index contributed by atoms with van der Waals surface area (Å²) in [5.41, 5.74) is 1.38. The Bertz CT molecular complexity index is 674.